The Kier molecular flexibility index (Phi) is 5.52. The maximum atomic E-state index is 11.6. The molecular formula is C12H19NO4. The molecule has 0 aromatic heterocycles. The molecule has 0 fully saturated rings. The third-order valence-electron chi connectivity index (χ3n) is 2.49. The zero-order valence-electron chi connectivity index (χ0n) is 10.4. The Labute approximate surface area is 101 Å². The first-order valence-corrected chi connectivity index (χ1v) is 5.97. The van der Waals surface area contributed by atoms with E-state index in [-0.39, 0.29) is 18.5 Å². The Balaban J connectivity index is 2.52. The van der Waals surface area contributed by atoms with Gasteiger partial charge in [0, 0.05) is 5.70 Å². The molecule has 0 aliphatic heterocycles. The topological polar surface area (TPSA) is 64.6 Å². The number of rotatable bonds is 6. The van der Waals surface area contributed by atoms with Crippen LogP contribution < -0.4 is 5.32 Å². The van der Waals surface area contributed by atoms with E-state index in [2.05, 4.69) is 5.32 Å². The molecule has 0 heterocycles. The Hall–Kier alpha value is -1.52. The molecule has 0 radical (unpaired) electrons. The zero-order valence-corrected chi connectivity index (χ0v) is 10.4. The van der Waals surface area contributed by atoms with Crippen molar-refractivity contribution in [3.8, 4) is 0 Å². The van der Waals surface area contributed by atoms with E-state index in [1.165, 1.54) is 0 Å². The van der Waals surface area contributed by atoms with Gasteiger partial charge in [0.15, 0.2) is 0 Å². The van der Waals surface area contributed by atoms with E-state index in [1.54, 1.807) is 13.8 Å². The van der Waals surface area contributed by atoms with Gasteiger partial charge in [-0.25, -0.2) is 4.79 Å². The van der Waals surface area contributed by atoms with Crippen molar-refractivity contribution in [3.63, 3.8) is 0 Å². The predicted octanol–water partition coefficient (Wildman–Crippen LogP) is 1.14. The molecule has 0 amide bonds. The minimum atomic E-state index is -0.310. The monoisotopic (exact) mass is 241 g/mol. The highest BCUT2D eigenvalue weighted by molar-refractivity contribution is 5.90. The fourth-order valence-electron chi connectivity index (χ4n) is 1.77. The minimum absolute atomic E-state index is 0.103. The summed E-state index contributed by atoms with van der Waals surface area (Å²) in [6.07, 6.45) is 2.41. The highest BCUT2D eigenvalue weighted by atomic mass is 16.5. The molecule has 0 atom stereocenters. The summed E-state index contributed by atoms with van der Waals surface area (Å²) in [6, 6.07) is 0. The van der Waals surface area contributed by atoms with E-state index in [1.807, 2.05) is 0 Å². The average Bonchev–Trinajstić information content (AvgIpc) is 2.75. The first-order valence-electron chi connectivity index (χ1n) is 5.97. The summed E-state index contributed by atoms with van der Waals surface area (Å²) < 4.78 is 9.76. The number of hydrogen-bond donors (Lipinski definition) is 1. The van der Waals surface area contributed by atoms with Crippen LogP contribution in [0.5, 0.6) is 0 Å². The summed E-state index contributed by atoms with van der Waals surface area (Å²) in [5.74, 6) is -0.591. The maximum Gasteiger partial charge on any atom is 0.335 e. The highest BCUT2D eigenvalue weighted by Gasteiger charge is 2.22. The number of nitrogens with one attached hydrogen (secondary N) is 1. The average molecular weight is 241 g/mol. The molecule has 1 rings (SSSR count). The first-order chi connectivity index (χ1) is 8.19. The second-order valence-electron chi connectivity index (χ2n) is 3.69. The number of carbonyl (C=O) groups excluding carboxylic acids is 2. The summed E-state index contributed by atoms with van der Waals surface area (Å²) in [4.78, 5) is 22.8. The number of allylic oxidation sites excluding steroid dienone is 1. The van der Waals surface area contributed by atoms with E-state index in [9.17, 15) is 9.59 Å². The summed E-state index contributed by atoms with van der Waals surface area (Å²) in [5.41, 5.74) is 1.48. The molecule has 0 bridgehead atoms. The van der Waals surface area contributed by atoms with Crippen molar-refractivity contribution < 1.29 is 19.1 Å². The molecule has 1 aliphatic carbocycles. The van der Waals surface area contributed by atoms with Crippen LogP contribution in [0.2, 0.25) is 0 Å². The SMILES string of the molecule is CCOC(=O)CNC1=C(C(=O)OCC)CCC1. The van der Waals surface area contributed by atoms with Crippen molar-refractivity contribution in [2.45, 2.75) is 33.1 Å². The standard InChI is InChI=1S/C12H19NO4/c1-3-16-11(14)8-13-10-7-5-6-9(10)12(15)17-4-2/h13H,3-8H2,1-2H3. The van der Waals surface area contributed by atoms with Crippen molar-refractivity contribution in [1.29, 1.82) is 0 Å². The van der Waals surface area contributed by atoms with E-state index in [0.29, 0.717) is 25.2 Å². The largest absolute Gasteiger partial charge is 0.465 e. The molecule has 96 valence electrons. The highest BCUT2D eigenvalue weighted by Crippen LogP contribution is 2.24. The van der Waals surface area contributed by atoms with E-state index >= 15 is 0 Å². The van der Waals surface area contributed by atoms with E-state index in [0.717, 1.165) is 18.5 Å². The molecule has 1 aliphatic rings. The smallest absolute Gasteiger partial charge is 0.335 e. The third-order valence-corrected chi connectivity index (χ3v) is 2.49. The van der Waals surface area contributed by atoms with Gasteiger partial charge in [0.2, 0.25) is 0 Å². The lowest BCUT2D eigenvalue weighted by Crippen LogP contribution is -2.25. The molecule has 0 saturated heterocycles. The zero-order chi connectivity index (χ0) is 12.7. The molecule has 5 nitrogen and oxygen atoms in total. The lowest BCUT2D eigenvalue weighted by Gasteiger charge is -2.09. The lowest BCUT2D eigenvalue weighted by molar-refractivity contribution is -0.142. The van der Waals surface area contributed by atoms with E-state index in [4.69, 9.17) is 9.47 Å². The van der Waals surface area contributed by atoms with Crippen LogP contribution in [0, 0.1) is 0 Å². The van der Waals surface area contributed by atoms with Gasteiger partial charge in [-0.1, -0.05) is 0 Å². The van der Waals surface area contributed by atoms with Crippen molar-refractivity contribution in [3.05, 3.63) is 11.3 Å². The Morgan fingerprint density at radius 3 is 2.53 bits per heavy atom. The van der Waals surface area contributed by atoms with Crippen LogP contribution >= 0.6 is 0 Å². The number of hydrogen-bond acceptors (Lipinski definition) is 5. The van der Waals surface area contributed by atoms with Crippen LogP contribution in [0.15, 0.2) is 11.3 Å². The number of ether oxygens (including phenoxy) is 2. The molecule has 0 saturated carbocycles. The van der Waals surface area contributed by atoms with Crippen LogP contribution in [-0.2, 0) is 19.1 Å². The molecule has 17 heavy (non-hydrogen) atoms. The second-order valence-corrected chi connectivity index (χ2v) is 3.69. The fourth-order valence-corrected chi connectivity index (χ4v) is 1.77. The first kappa shape index (κ1) is 13.5. The summed E-state index contributed by atoms with van der Waals surface area (Å²) in [5, 5.41) is 2.96. The number of esters is 2. The van der Waals surface area contributed by atoms with Gasteiger partial charge in [-0.15, -0.1) is 0 Å². The van der Waals surface area contributed by atoms with Crippen LogP contribution in [0.3, 0.4) is 0 Å². The Morgan fingerprint density at radius 1 is 1.18 bits per heavy atom. The molecular weight excluding hydrogens is 222 g/mol. The molecule has 5 heteroatoms. The Morgan fingerprint density at radius 2 is 1.88 bits per heavy atom. The Bertz CT molecular complexity index is 322. The normalized spacial score (nSPS) is 14.7. The molecule has 0 aromatic carbocycles. The summed E-state index contributed by atoms with van der Waals surface area (Å²) in [6.45, 7) is 4.37. The van der Waals surface area contributed by atoms with Gasteiger partial charge in [0.05, 0.1) is 18.8 Å². The van der Waals surface area contributed by atoms with Gasteiger partial charge < -0.3 is 14.8 Å². The molecule has 0 unspecified atom stereocenters. The van der Waals surface area contributed by atoms with Crippen LogP contribution in [0.25, 0.3) is 0 Å². The van der Waals surface area contributed by atoms with Crippen LogP contribution in [-0.4, -0.2) is 31.7 Å². The van der Waals surface area contributed by atoms with Gasteiger partial charge in [0.1, 0.15) is 6.54 Å². The van der Waals surface area contributed by atoms with Gasteiger partial charge in [-0.05, 0) is 33.1 Å². The third kappa shape index (κ3) is 4.09. The van der Waals surface area contributed by atoms with Gasteiger partial charge >= 0.3 is 11.9 Å². The minimum Gasteiger partial charge on any atom is -0.465 e. The van der Waals surface area contributed by atoms with Crippen LogP contribution in [0.1, 0.15) is 33.1 Å². The molecule has 1 N–H and O–H groups in total. The molecule has 0 aromatic rings. The fraction of sp³-hybridized carbons (Fsp3) is 0.667. The van der Waals surface area contributed by atoms with Gasteiger partial charge in [0.25, 0.3) is 0 Å². The quantitative estimate of drug-likeness (QED) is 0.706. The van der Waals surface area contributed by atoms with E-state index < -0.39 is 0 Å². The van der Waals surface area contributed by atoms with Crippen LogP contribution in [0.4, 0.5) is 0 Å². The lowest BCUT2D eigenvalue weighted by atomic mass is 10.2. The van der Waals surface area contributed by atoms with Crippen molar-refractivity contribution in [2.24, 2.45) is 0 Å². The second kappa shape index (κ2) is 6.93. The predicted molar refractivity (Wildman–Crippen MR) is 62.1 cm³/mol. The van der Waals surface area contributed by atoms with Crippen molar-refractivity contribution >= 4 is 11.9 Å². The number of carbonyl (C=O) groups is 2. The van der Waals surface area contributed by atoms with Crippen molar-refractivity contribution in [2.75, 3.05) is 19.8 Å². The van der Waals surface area contributed by atoms with Gasteiger partial charge in [-0.2, -0.15) is 0 Å². The van der Waals surface area contributed by atoms with Crippen molar-refractivity contribution in [1.82, 2.24) is 5.32 Å². The van der Waals surface area contributed by atoms with Gasteiger partial charge in [-0.3, -0.25) is 4.79 Å². The molecule has 0 spiro atoms. The summed E-state index contributed by atoms with van der Waals surface area (Å²) >= 11 is 0. The maximum absolute atomic E-state index is 11.6. The summed E-state index contributed by atoms with van der Waals surface area (Å²) in [7, 11) is 0.